The summed E-state index contributed by atoms with van der Waals surface area (Å²) in [5.74, 6) is 2.38. The molecule has 8 nitrogen and oxygen atoms in total. The Balaban J connectivity index is 1.61. The van der Waals surface area contributed by atoms with Gasteiger partial charge in [-0.3, -0.25) is 10.1 Å². The standard InChI is InChI=1S/C17H18N6O2/c18-10-13-9-14(23(24)25)5-6-15(13)21-7-1-3-12(11-21)17-20-19-16-4-2-8-22(16)17/h5-6,9,12H,1-4,7-8,11H2. The van der Waals surface area contributed by atoms with Gasteiger partial charge >= 0.3 is 0 Å². The lowest BCUT2D eigenvalue weighted by Crippen LogP contribution is -2.35. The van der Waals surface area contributed by atoms with Gasteiger partial charge in [-0.15, -0.1) is 10.2 Å². The number of fused-ring (bicyclic) bond motifs is 1. The van der Waals surface area contributed by atoms with Crippen molar-refractivity contribution < 1.29 is 4.92 Å². The van der Waals surface area contributed by atoms with Crippen LogP contribution in [0.4, 0.5) is 11.4 Å². The van der Waals surface area contributed by atoms with Crippen LogP contribution in [0.5, 0.6) is 0 Å². The number of aromatic nitrogens is 3. The van der Waals surface area contributed by atoms with Crippen LogP contribution in [0.25, 0.3) is 0 Å². The highest BCUT2D eigenvalue weighted by Crippen LogP contribution is 2.33. The van der Waals surface area contributed by atoms with Crippen molar-refractivity contribution in [1.82, 2.24) is 14.8 Å². The van der Waals surface area contributed by atoms with Crippen LogP contribution in [0.1, 0.15) is 42.4 Å². The maximum absolute atomic E-state index is 10.9. The molecule has 2 aliphatic rings. The molecular formula is C17H18N6O2. The Bertz CT molecular complexity index is 869. The number of nitriles is 1. The van der Waals surface area contributed by atoms with Crippen molar-refractivity contribution in [1.29, 1.82) is 5.26 Å². The predicted molar refractivity (Wildman–Crippen MR) is 90.3 cm³/mol. The number of non-ortho nitro benzene ring substituents is 1. The number of anilines is 1. The van der Waals surface area contributed by atoms with Gasteiger partial charge in [0.2, 0.25) is 0 Å². The third-order valence-corrected chi connectivity index (χ3v) is 5.08. The number of hydrogen-bond donors (Lipinski definition) is 0. The summed E-state index contributed by atoms with van der Waals surface area (Å²) >= 11 is 0. The van der Waals surface area contributed by atoms with Gasteiger partial charge in [-0.1, -0.05) is 0 Å². The van der Waals surface area contributed by atoms with E-state index in [0.717, 1.165) is 62.7 Å². The third kappa shape index (κ3) is 2.71. The molecular weight excluding hydrogens is 320 g/mol. The first-order valence-corrected chi connectivity index (χ1v) is 8.53. The molecule has 1 aromatic carbocycles. The Morgan fingerprint density at radius 2 is 2.16 bits per heavy atom. The SMILES string of the molecule is N#Cc1cc([N+](=O)[O-])ccc1N1CCCC(c2nnc3n2CCC3)C1. The van der Waals surface area contributed by atoms with Crippen molar-refractivity contribution in [3.63, 3.8) is 0 Å². The van der Waals surface area contributed by atoms with E-state index in [1.54, 1.807) is 6.07 Å². The molecule has 128 valence electrons. The number of rotatable bonds is 3. The molecule has 1 fully saturated rings. The zero-order valence-electron chi connectivity index (χ0n) is 13.8. The van der Waals surface area contributed by atoms with E-state index in [1.165, 1.54) is 12.1 Å². The minimum atomic E-state index is -0.469. The average Bonchev–Trinajstić information content (AvgIpc) is 3.24. The molecule has 1 unspecified atom stereocenters. The zero-order chi connectivity index (χ0) is 17.4. The van der Waals surface area contributed by atoms with Gasteiger partial charge in [-0.25, -0.2) is 0 Å². The predicted octanol–water partition coefficient (Wildman–Crippen LogP) is 2.39. The molecule has 2 aliphatic heterocycles. The maximum atomic E-state index is 10.9. The van der Waals surface area contributed by atoms with Crippen LogP contribution < -0.4 is 4.90 Å². The molecule has 0 bridgehead atoms. The molecule has 0 aliphatic carbocycles. The largest absolute Gasteiger partial charge is 0.370 e. The van der Waals surface area contributed by atoms with E-state index in [1.807, 2.05) is 0 Å². The first-order valence-electron chi connectivity index (χ1n) is 8.53. The number of nitro groups is 1. The molecule has 1 atom stereocenters. The second-order valence-electron chi connectivity index (χ2n) is 6.59. The molecule has 2 aromatic rings. The fourth-order valence-corrected chi connectivity index (χ4v) is 3.88. The minimum Gasteiger partial charge on any atom is -0.370 e. The molecule has 0 spiro atoms. The van der Waals surface area contributed by atoms with Gasteiger partial charge in [0.25, 0.3) is 5.69 Å². The first kappa shape index (κ1) is 15.6. The molecule has 0 N–H and O–H groups in total. The summed E-state index contributed by atoms with van der Waals surface area (Å²) in [5, 5.41) is 29.0. The highest BCUT2D eigenvalue weighted by molar-refractivity contribution is 5.63. The van der Waals surface area contributed by atoms with Gasteiger partial charge in [0.05, 0.1) is 16.2 Å². The second-order valence-corrected chi connectivity index (χ2v) is 6.59. The number of nitrogens with zero attached hydrogens (tertiary/aromatic N) is 6. The summed E-state index contributed by atoms with van der Waals surface area (Å²) in [4.78, 5) is 12.6. The number of benzene rings is 1. The summed E-state index contributed by atoms with van der Waals surface area (Å²) in [5.41, 5.74) is 1.06. The van der Waals surface area contributed by atoms with Crippen LogP contribution in [0.15, 0.2) is 18.2 Å². The van der Waals surface area contributed by atoms with Crippen molar-refractivity contribution in [3.05, 3.63) is 45.5 Å². The van der Waals surface area contributed by atoms with Crippen LogP contribution in [0.3, 0.4) is 0 Å². The molecule has 8 heteroatoms. The van der Waals surface area contributed by atoms with E-state index in [2.05, 4.69) is 25.7 Å². The van der Waals surface area contributed by atoms with E-state index in [-0.39, 0.29) is 11.6 Å². The van der Waals surface area contributed by atoms with Gasteiger partial charge in [0.15, 0.2) is 0 Å². The lowest BCUT2D eigenvalue weighted by molar-refractivity contribution is -0.384. The number of hydrogen-bond acceptors (Lipinski definition) is 6. The topological polar surface area (TPSA) is 101 Å². The normalized spacial score (nSPS) is 19.5. The molecule has 25 heavy (non-hydrogen) atoms. The lowest BCUT2D eigenvalue weighted by Gasteiger charge is -2.34. The molecule has 3 heterocycles. The van der Waals surface area contributed by atoms with Crippen LogP contribution in [-0.2, 0) is 13.0 Å². The smallest absolute Gasteiger partial charge is 0.270 e. The van der Waals surface area contributed by atoms with Crippen molar-refractivity contribution in [2.75, 3.05) is 18.0 Å². The van der Waals surface area contributed by atoms with Crippen molar-refractivity contribution in [3.8, 4) is 6.07 Å². The van der Waals surface area contributed by atoms with E-state index in [0.29, 0.717) is 5.56 Å². The van der Waals surface area contributed by atoms with Crippen molar-refractivity contribution >= 4 is 11.4 Å². The molecule has 1 aromatic heterocycles. The molecule has 1 saturated heterocycles. The van der Waals surface area contributed by atoms with Crippen molar-refractivity contribution in [2.45, 2.75) is 38.1 Å². The molecule has 0 amide bonds. The molecule has 0 saturated carbocycles. The summed E-state index contributed by atoms with van der Waals surface area (Å²) in [6, 6.07) is 6.61. The lowest BCUT2D eigenvalue weighted by atomic mass is 9.96. The molecule has 0 radical (unpaired) electrons. The summed E-state index contributed by atoms with van der Waals surface area (Å²) in [6.45, 7) is 2.57. The number of nitro benzene ring substituents is 1. The van der Waals surface area contributed by atoms with Gasteiger partial charge in [0.1, 0.15) is 17.7 Å². The summed E-state index contributed by atoms with van der Waals surface area (Å²) in [7, 11) is 0. The Hall–Kier alpha value is -2.95. The van der Waals surface area contributed by atoms with E-state index >= 15 is 0 Å². The monoisotopic (exact) mass is 338 g/mol. The fraction of sp³-hybridized carbons (Fsp3) is 0.471. The Kier molecular flexibility index (Phi) is 3.84. The van der Waals surface area contributed by atoms with Gasteiger partial charge in [-0.2, -0.15) is 5.26 Å². The van der Waals surface area contributed by atoms with Crippen LogP contribution >= 0.6 is 0 Å². The quantitative estimate of drug-likeness (QED) is 0.629. The maximum Gasteiger partial charge on any atom is 0.270 e. The summed E-state index contributed by atoms with van der Waals surface area (Å²) < 4.78 is 2.23. The van der Waals surface area contributed by atoms with Crippen LogP contribution in [0.2, 0.25) is 0 Å². The number of piperidine rings is 1. The minimum absolute atomic E-state index is 0.0517. The van der Waals surface area contributed by atoms with Gasteiger partial charge in [0, 0.05) is 44.1 Å². The van der Waals surface area contributed by atoms with E-state index < -0.39 is 4.92 Å². The Labute approximate surface area is 144 Å². The second kappa shape index (κ2) is 6.16. The fourth-order valence-electron chi connectivity index (χ4n) is 3.88. The van der Waals surface area contributed by atoms with Gasteiger partial charge < -0.3 is 9.47 Å². The van der Waals surface area contributed by atoms with E-state index in [4.69, 9.17) is 0 Å². The van der Waals surface area contributed by atoms with Crippen molar-refractivity contribution in [2.24, 2.45) is 0 Å². The van der Waals surface area contributed by atoms with Crippen LogP contribution in [-0.4, -0.2) is 32.8 Å². The number of aryl methyl sites for hydroxylation is 1. The third-order valence-electron chi connectivity index (χ3n) is 5.08. The Morgan fingerprint density at radius 1 is 1.28 bits per heavy atom. The van der Waals surface area contributed by atoms with Crippen LogP contribution in [0, 0.1) is 21.4 Å². The Morgan fingerprint density at radius 3 is 2.96 bits per heavy atom. The first-order chi connectivity index (χ1) is 12.2. The highest BCUT2D eigenvalue weighted by atomic mass is 16.6. The summed E-state index contributed by atoms with van der Waals surface area (Å²) in [6.07, 6.45) is 4.15. The van der Waals surface area contributed by atoms with Gasteiger partial charge in [-0.05, 0) is 25.3 Å². The zero-order valence-corrected chi connectivity index (χ0v) is 13.8. The average molecular weight is 338 g/mol. The highest BCUT2D eigenvalue weighted by Gasteiger charge is 2.29. The van der Waals surface area contributed by atoms with E-state index in [9.17, 15) is 15.4 Å². The molecule has 4 rings (SSSR count).